The van der Waals surface area contributed by atoms with E-state index in [1.807, 2.05) is 0 Å². The van der Waals surface area contributed by atoms with Crippen molar-refractivity contribution in [1.29, 1.82) is 0 Å². The molecule has 78 valence electrons. The number of hydrogen-bond donors (Lipinski definition) is 0. The molecule has 0 bridgehead atoms. The highest BCUT2D eigenvalue weighted by Crippen LogP contribution is 1.99. The van der Waals surface area contributed by atoms with Crippen LogP contribution in [0.15, 0.2) is 58.8 Å². The van der Waals surface area contributed by atoms with Crippen molar-refractivity contribution in [2.24, 2.45) is 10.2 Å². The Labute approximate surface area is 92.1 Å². The Hall–Kier alpha value is -2.36. The van der Waals surface area contributed by atoms with Gasteiger partial charge in [0.2, 0.25) is 0 Å². The third-order valence-electron chi connectivity index (χ3n) is 1.95. The van der Waals surface area contributed by atoms with Crippen LogP contribution in [0.1, 0.15) is 0 Å². The number of carbonyl (C=O) groups is 2. The minimum atomic E-state index is -0.0605. The van der Waals surface area contributed by atoms with Crippen molar-refractivity contribution in [2.75, 3.05) is 0 Å². The summed E-state index contributed by atoms with van der Waals surface area (Å²) in [5.74, 6) is -0.121. The molecule has 0 aromatic rings. The van der Waals surface area contributed by atoms with E-state index in [2.05, 4.69) is 10.2 Å². The lowest BCUT2D eigenvalue weighted by molar-refractivity contribution is -0.111. The second-order valence-corrected chi connectivity index (χ2v) is 3.19. The molecule has 0 fully saturated rings. The van der Waals surface area contributed by atoms with Crippen molar-refractivity contribution >= 4 is 23.0 Å². The van der Waals surface area contributed by atoms with E-state index >= 15 is 0 Å². The highest BCUT2D eigenvalue weighted by Gasteiger charge is 2.01. The Kier molecular flexibility index (Phi) is 2.82. The molecule has 0 aliphatic heterocycles. The summed E-state index contributed by atoms with van der Waals surface area (Å²) in [7, 11) is 0. The predicted octanol–water partition coefficient (Wildman–Crippen LogP) is 1.17. The van der Waals surface area contributed by atoms with Gasteiger partial charge < -0.3 is 0 Å². The van der Waals surface area contributed by atoms with Crippen LogP contribution in [0.3, 0.4) is 0 Å². The topological polar surface area (TPSA) is 58.9 Å². The molecule has 0 saturated heterocycles. The maximum Gasteiger partial charge on any atom is 0.178 e. The molecule has 0 unspecified atom stereocenters. The number of carbonyl (C=O) groups excluding carboxylic acids is 2. The summed E-state index contributed by atoms with van der Waals surface area (Å²) in [6.07, 6.45) is 12.1. The summed E-state index contributed by atoms with van der Waals surface area (Å²) in [5.41, 5.74) is 1.21. The lowest BCUT2D eigenvalue weighted by Crippen LogP contribution is -2.01. The second-order valence-electron chi connectivity index (χ2n) is 3.19. The Bertz CT molecular complexity index is 433. The molecule has 0 aromatic carbocycles. The number of hydrogen-bond acceptors (Lipinski definition) is 4. The maximum atomic E-state index is 10.8. The van der Waals surface area contributed by atoms with Gasteiger partial charge >= 0.3 is 0 Å². The van der Waals surface area contributed by atoms with Crippen LogP contribution in [0.4, 0.5) is 0 Å². The van der Waals surface area contributed by atoms with Crippen molar-refractivity contribution < 1.29 is 9.59 Å². The average Bonchev–Trinajstić information content (AvgIpc) is 2.30. The Morgan fingerprint density at radius 1 is 0.562 bits per heavy atom. The highest BCUT2D eigenvalue weighted by molar-refractivity contribution is 6.18. The van der Waals surface area contributed by atoms with Crippen molar-refractivity contribution in [3.8, 4) is 0 Å². The van der Waals surface area contributed by atoms with Crippen LogP contribution in [-0.2, 0) is 9.59 Å². The normalized spacial score (nSPS) is 18.2. The van der Waals surface area contributed by atoms with Crippen LogP contribution in [0, 0.1) is 0 Å². The molecule has 2 rings (SSSR count). The molecule has 2 aliphatic rings. The average molecular weight is 212 g/mol. The van der Waals surface area contributed by atoms with Crippen LogP contribution in [0.25, 0.3) is 0 Å². The van der Waals surface area contributed by atoms with Crippen LogP contribution < -0.4 is 0 Å². The quantitative estimate of drug-likeness (QED) is 0.484. The smallest absolute Gasteiger partial charge is 0.178 e. The first-order chi connectivity index (χ1) is 7.74. The summed E-state index contributed by atoms with van der Waals surface area (Å²) in [4.78, 5) is 21.7. The van der Waals surface area contributed by atoms with Gasteiger partial charge in [0.15, 0.2) is 11.6 Å². The molecule has 0 saturated carbocycles. The molecule has 4 nitrogen and oxygen atoms in total. The molecule has 16 heavy (non-hydrogen) atoms. The molecule has 0 heterocycles. The zero-order valence-corrected chi connectivity index (χ0v) is 8.33. The van der Waals surface area contributed by atoms with Crippen molar-refractivity contribution in [3.63, 3.8) is 0 Å². The zero-order chi connectivity index (χ0) is 11.4. The third-order valence-corrected chi connectivity index (χ3v) is 1.95. The Morgan fingerprint density at radius 3 is 1.19 bits per heavy atom. The molecule has 0 spiro atoms. The molecular formula is C12H8N2O2. The fourth-order valence-corrected chi connectivity index (χ4v) is 1.14. The van der Waals surface area contributed by atoms with E-state index in [9.17, 15) is 9.59 Å². The molecule has 4 heteroatoms. The van der Waals surface area contributed by atoms with Gasteiger partial charge in [-0.15, -0.1) is 0 Å². The summed E-state index contributed by atoms with van der Waals surface area (Å²) in [5, 5.41) is 7.86. The van der Waals surface area contributed by atoms with Gasteiger partial charge in [0.1, 0.15) is 0 Å². The summed E-state index contributed by atoms with van der Waals surface area (Å²) in [6, 6.07) is 0. The first kappa shape index (κ1) is 10.2. The zero-order valence-electron chi connectivity index (χ0n) is 8.33. The van der Waals surface area contributed by atoms with Crippen LogP contribution in [-0.4, -0.2) is 23.0 Å². The number of allylic oxidation sites excluding steroid dienone is 8. The molecule has 0 N–H and O–H groups in total. The van der Waals surface area contributed by atoms with Crippen LogP contribution in [0.5, 0.6) is 0 Å². The minimum absolute atomic E-state index is 0.0605. The van der Waals surface area contributed by atoms with Gasteiger partial charge in [0.05, 0.1) is 11.4 Å². The second kappa shape index (κ2) is 4.44. The number of rotatable bonds is 1. The molecular weight excluding hydrogens is 204 g/mol. The standard InChI is InChI=1S/C12H8N2O2/c15-11-5-1-9(2-6-11)13-14-10-3-7-12(16)8-4-10/h1-8H. The van der Waals surface area contributed by atoms with Crippen LogP contribution >= 0.6 is 0 Å². The molecule has 0 amide bonds. The monoisotopic (exact) mass is 212 g/mol. The third kappa shape index (κ3) is 2.57. The van der Waals surface area contributed by atoms with E-state index in [1.54, 1.807) is 24.3 Å². The van der Waals surface area contributed by atoms with Gasteiger partial charge in [-0.3, -0.25) is 9.59 Å². The van der Waals surface area contributed by atoms with E-state index in [0.717, 1.165) is 0 Å². The molecule has 0 radical (unpaired) electrons. The number of ketones is 2. The van der Waals surface area contributed by atoms with E-state index in [-0.39, 0.29) is 11.6 Å². The van der Waals surface area contributed by atoms with Gasteiger partial charge in [-0.1, -0.05) is 0 Å². The summed E-state index contributed by atoms with van der Waals surface area (Å²) >= 11 is 0. The Balaban J connectivity index is 2.12. The fraction of sp³-hybridized carbons (Fsp3) is 0. The predicted molar refractivity (Wildman–Crippen MR) is 61.4 cm³/mol. The molecule has 2 aliphatic carbocycles. The Morgan fingerprint density at radius 2 is 0.875 bits per heavy atom. The molecule has 0 atom stereocenters. The maximum absolute atomic E-state index is 10.8. The van der Waals surface area contributed by atoms with Gasteiger partial charge in [0, 0.05) is 0 Å². The highest BCUT2D eigenvalue weighted by atomic mass is 16.1. The van der Waals surface area contributed by atoms with E-state index in [0.29, 0.717) is 11.4 Å². The van der Waals surface area contributed by atoms with Gasteiger partial charge in [0.25, 0.3) is 0 Å². The SMILES string of the molecule is O=C1C=CC(=NN=C2C=CC(=O)C=C2)C=C1. The lowest BCUT2D eigenvalue weighted by Gasteiger charge is -1.97. The fourth-order valence-electron chi connectivity index (χ4n) is 1.14. The van der Waals surface area contributed by atoms with Gasteiger partial charge in [-0.05, 0) is 48.6 Å². The largest absolute Gasteiger partial charge is 0.290 e. The van der Waals surface area contributed by atoms with E-state index in [1.165, 1.54) is 24.3 Å². The van der Waals surface area contributed by atoms with Crippen molar-refractivity contribution in [2.45, 2.75) is 0 Å². The van der Waals surface area contributed by atoms with Crippen molar-refractivity contribution in [1.82, 2.24) is 0 Å². The van der Waals surface area contributed by atoms with Gasteiger partial charge in [-0.2, -0.15) is 10.2 Å². The molecule has 0 aromatic heterocycles. The minimum Gasteiger partial charge on any atom is -0.290 e. The van der Waals surface area contributed by atoms with Crippen molar-refractivity contribution in [3.05, 3.63) is 48.6 Å². The summed E-state index contributed by atoms with van der Waals surface area (Å²) in [6.45, 7) is 0. The summed E-state index contributed by atoms with van der Waals surface area (Å²) < 4.78 is 0. The number of nitrogens with zero attached hydrogens (tertiary/aromatic N) is 2. The first-order valence-electron chi connectivity index (χ1n) is 4.70. The lowest BCUT2D eigenvalue weighted by atomic mass is 10.1. The van der Waals surface area contributed by atoms with E-state index < -0.39 is 0 Å². The van der Waals surface area contributed by atoms with Gasteiger partial charge in [-0.25, -0.2) is 0 Å². The van der Waals surface area contributed by atoms with Crippen LogP contribution in [0.2, 0.25) is 0 Å². The first-order valence-corrected chi connectivity index (χ1v) is 4.70. The van der Waals surface area contributed by atoms with E-state index in [4.69, 9.17) is 0 Å².